The summed E-state index contributed by atoms with van der Waals surface area (Å²) in [6, 6.07) is 0. The van der Waals surface area contributed by atoms with Crippen LogP contribution in [0.3, 0.4) is 0 Å². The minimum absolute atomic E-state index is 0.0116. The maximum Gasteiger partial charge on any atom is 0.334 e. The Bertz CT molecular complexity index is 997. The number of fused-ring (bicyclic) bond motifs is 4. The molecule has 35 heavy (non-hydrogen) atoms. The Labute approximate surface area is 209 Å². The number of allylic oxidation sites excluding steroid dienone is 2. The highest BCUT2D eigenvalue weighted by molar-refractivity contribution is 5.91. The normalized spacial score (nSPS) is 46.7. The van der Waals surface area contributed by atoms with Gasteiger partial charge in [-0.2, -0.15) is 0 Å². The molecule has 5 nitrogen and oxygen atoms in total. The fourth-order valence-corrected chi connectivity index (χ4v) is 10.3. The quantitative estimate of drug-likeness (QED) is 0.256. The molecule has 2 unspecified atom stereocenters. The predicted octanol–water partition coefficient (Wildman–Crippen LogP) is 6.12. The Balaban J connectivity index is 1.44. The van der Waals surface area contributed by atoms with E-state index in [4.69, 9.17) is 4.74 Å². The van der Waals surface area contributed by atoms with E-state index in [2.05, 4.69) is 33.4 Å². The third kappa shape index (κ3) is 3.21. The third-order valence-electron chi connectivity index (χ3n) is 12.2. The summed E-state index contributed by atoms with van der Waals surface area (Å²) >= 11 is 0. The van der Waals surface area contributed by atoms with Crippen LogP contribution in [0, 0.1) is 45.3 Å². The van der Waals surface area contributed by atoms with Gasteiger partial charge in [-0.1, -0.05) is 33.4 Å². The van der Waals surface area contributed by atoms with Gasteiger partial charge in [-0.3, -0.25) is 9.59 Å². The summed E-state index contributed by atoms with van der Waals surface area (Å²) in [4.78, 5) is 35.2. The van der Waals surface area contributed by atoms with E-state index < -0.39 is 5.97 Å². The molecule has 1 N–H and O–H groups in total. The van der Waals surface area contributed by atoms with Crippen LogP contribution in [0.4, 0.5) is 0 Å². The maximum absolute atomic E-state index is 12.6. The molecule has 5 aliphatic rings. The molecule has 1 saturated heterocycles. The summed E-state index contributed by atoms with van der Waals surface area (Å²) in [7, 11) is 0. The minimum Gasteiger partial charge on any atom is -0.481 e. The SMILES string of the molecule is C=C1C(=O)O[C@@H]2C[C@@H]3C4(CC[C@]5(C)[C@@H]([C@H](C)CC/C=C(\C)C=O)CC[C@@]35C)C[C@]4(CCC(=O)O)C12. The van der Waals surface area contributed by atoms with Crippen molar-refractivity contribution in [3.8, 4) is 0 Å². The van der Waals surface area contributed by atoms with E-state index in [9.17, 15) is 19.5 Å². The lowest BCUT2D eigenvalue weighted by molar-refractivity contribution is -0.158. The van der Waals surface area contributed by atoms with Gasteiger partial charge in [0.25, 0.3) is 0 Å². The molecule has 0 amide bonds. The van der Waals surface area contributed by atoms with Crippen LogP contribution in [0.25, 0.3) is 0 Å². The zero-order valence-electron chi connectivity index (χ0n) is 21.9. The number of carbonyl (C=O) groups excluding carboxylic acids is 2. The van der Waals surface area contributed by atoms with E-state index in [0.717, 1.165) is 44.0 Å². The molecule has 5 heteroatoms. The lowest BCUT2D eigenvalue weighted by atomic mass is 9.43. The number of carbonyl (C=O) groups is 3. The predicted molar refractivity (Wildman–Crippen MR) is 133 cm³/mol. The van der Waals surface area contributed by atoms with Gasteiger partial charge in [0.2, 0.25) is 0 Å². The van der Waals surface area contributed by atoms with Gasteiger partial charge < -0.3 is 9.84 Å². The molecule has 1 aliphatic heterocycles. The van der Waals surface area contributed by atoms with E-state index in [1.807, 2.05) is 6.92 Å². The maximum atomic E-state index is 12.6. The molecule has 0 aromatic heterocycles. The summed E-state index contributed by atoms with van der Waals surface area (Å²) in [5.74, 6) is 0.652. The second-order valence-electron chi connectivity index (χ2n) is 13.2. The van der Waals surface area contributed by atoms with Gasteiger partial charge in [-0.05, 0) is 110 Å². The fraction of sp³-hybridized carbons (Fsp3) is 0.767. The van der Waals surface area contributed by atoms with Gasteiger partial charge in [0.05, 0.1) is 0 Å². The number of rotatable bonds is 8. The largest absolute Gasteiger partial charge is 0.481 e. The molecule has 4 saturated carbocycles. The number of hydrogen-bond acceptors (Lipinski definition) is 4. The van der Waals surface area contributed by atoms with Crippen molar-refractivity contribution in [3.05, 3.63) is 23.8 Å². The lowest BCUT2D eigenvalue weighted by Gasteiger charge is -2.61. The molecular weight excluding hydrogens is 440 g/mol. The first-order valence-electron chi connectivity index (χ1n) is 13.7. The standard InChI is InChI=1S/C30H42O5/c1-18(16-31)7-6-8-19(2)21-9-11-28(5)23-15-22-25(20(3)26(34)35-22)30(12-10-24(32)33)17-29(23,30)14-13-27(21,28)4/h7,16,19,21-23,25H,3,6,8-15,17H2,1-2,4-5H3,(H,32,33)/b18-7+/t19-,21-,22-,23+,25?,27-,28+,29?,30-/m1/s1. The number of hydrogen-bond donors (Lipinski definition) is 1. The minimum atomic E-state index is -0.753. The first-order valence-corrected chi connectivity index (χ1v) is 13.7. The number of aliphatic carboxylic acids is 1. The van der Waals surface area contributed by atoms with Crippen LogP contribution in [0.1, 0.15) is 91.9 Å². The zero-order valence-corrected chi connectivity index (χ0v) is 21.9. The third-order valence-corrected chi connectivity index (χ3v) is 12.2. The fourth-order valence-electron chi connectivity index (χ4n) is 10.3. The lowest BCUT2D eigenvalue weighted by Crippen LogP contribution is -2.56. The molecule has 5 fully saturated rings. The monoisotopic (exact) mass is 482 g/mol. The summed E-state index contributed by atoms with van der Waals surface area (Å²) in [5.41, 5.74) is 1.76. The van der Waals surface area contributed by atoms with Crippen molar-refractivity contribution < 1.29 is 24.2 Å². The van der Waals surface area contributed by atoms with Gasteiger partial charge in [0, 0.05) is 17.9 Å². The van der Waals surface area contributed by atoms with E-state index in [1.54, 1.807) is 0 Å². The van der Waals surface area contributed by atoms with E-state index >= 15 is 0 Å². The van der Waals surface area contributed by atoms with Crippen molar-refractivity contribution >= 4 is 18.2 Å². The molecule has 9 atom stereocenters. The van der Waals surface area contributed by atoms with Crippen LogP contribution in [-0.2, 0) is 19.1 Å². The number of aldehydes is 1. The second-order valence-corrected chi connectivity index (χ2v) is 13.2. The highest BCUT2D eigenvalue weighted by Gasteiger charge is 2.83. The van der Waals surface area contributed by atoms with Gasteiger partial charge in [-0.25, -0.2) is 4.79 Å². The molecule has 0 aromatic carbocycles. The Morgan fingerprint density at radius 1 is 1.26 bits per heavy atom. The average Bonchev–Trinajstić information content (AvgIpc) is 3.27. The average molecular weight is 483 g/mol. The Hall–Kier alpha value is -1.91. The molecule has 0 bridgehead atoms. The first kappa shape index (κ1) is 24.8. The van der Waals surface area contributed by atoms with E-state index in [1.165, 1.54) is 19.3 Å². The second kappa shape index (κ2) is 8.05. The Kier molecular flexibility index (Phi) is 5.69. The summed E-state index contributed by atoms with van der Waals surface area (Å²) in [6.07, 6.45) is 12.3. The summed E-state index contributed by atoms with van der Waals surface area (Å²) in [5, 5.41) is 9.54. The van der Waals surface area contributed by atoms with Crippen molar-refractivity contribution in [2.24, 2.45) is 45.3 Å². The van der Waals surface area contributed by atoms with Crippen LogP contribution in [0.5, 0.6) is 0 Å². The van der Waals surface area contributed by atoms with Crippen molar-refractivity contribution in [1.29, 1.82) is 0 Å². The van der Waals surface area contributed by atoms with Gasteiger partial charge in [0.15, 0.2) is 0 Å². The van der Waals surface area contributed by atoms with Crippen molar-refractivity contribution in [3.63, 3.8) is 0 Å². The molecule has 5 rings (SSSR count). The first-order chi connectivity index (χ1) is 16.5. The number of esters is 1. The summed E-state index contributed by atoms with van der Waals surface area (Å²) in [6.45, 7) is 13.4. The van der Waals surface area contributed by atoms with Gasteiger partial charge in [0.1, 0.15) is 12.4 Å². The number of ether oxygens (including phenoxy) is 1. The van der Waals surface area contributed by atoms with Crippen LogP contribution in [-0.4, -0.2) is 29.4 Å². The highest BCUT2D eigenvalue weighted by Crippen LogP contribution is 2.88. The number of carboxylic acids is 1. The Morgan fingerprint density at radius 2 is 2.00 bits per heavy atom. The highest BCUT2D eigenvalue weighted by atomic mass is 16.6. The van der Waals surface area contributed by atoms with Crippen LogP contribution in [0.15, 0.2) is 23.8 Å². The van der Waals surface area contributed by atoms with Crippen LogP contribution in [0.2, 0.25) is 0 Å². The molecule has 0 aromatic rings. The topological polar surface area (TPSA) is 80.7 Å². The number of carboxylic acid groups (broad SMARTS) is 1. The van der Waals surface area contributed by atoms with Gasteiger partial charge >= 0.3 is 11.9 Å². The van der Waals surface area contributed by atoms with Crippen LogP contribution >= 0.6 is 0 Å². The smallest absolute Gasteiger partial charge is 0.334 e. The van der Waals surface area contributed by atoms with E-state index in [-0.39, 0.29) is 46.1 Å². The van der Waals surface area contributed by atoms with Gasteiger partial charge in [-0.15, -0.1) is 0 Å². The van der Waals surface area contributed by atoms with Crippen molar-refractivity contribution in [2.75, 3.05) is 0 Å². The van der Waals surface area contributed by atoms with Crippen molar-refractivity contribution in [2.45, 2.75) is 98.0 Å². The molecular formula is C30H42O5. The molecule has 192 valence electrons. The van der Waals surface area contributed by atoms with Crippen molar-refractivity contribution in [1.82, 2.24) is 0 Å². The Morgan fingerprint density at radius 3 is 2.69 bits per heavy atom. The summed E-state index contributed by atoms with van der Waals surface area (Å²) < 4.78 is 5.92. The molecule has 1 spiro atoms. The molecule has 0 radical (unpaired) electrons. The van der Waals surface area contributed by atoms with E-state index in [0.29, 0.717) is 29.7 Å². The molecule has 1 heterocycles. The van der Waals surface area contributed by atoms with Crippen LogP contribution < -0.4 is 0 Å². The molecule has 4 aliphatic carbocycles. The zero-order chi connectivity index (χ0) is 25.4.